The molecule has 27 heavy (non-hydrogen) atoms. The maximum atomic E-state index is 9.41. The molecule has 0 radical (unpaired) electrons. The number of hydrogen-bond donors (Lipinski definition) is 2. The van der Waals surface area contributed by atoms with Crippen LogP contribution in [0.25, 0.3) is 10.9 Å². The van der Waals surface area contributed by atoms with Crippen LogP contribution in [0.3, 0.4) is 0 Å². The molecule has 1 fully saturated rings. The number of nitrogens with zero attached hydrogens (tertiary/aromatic N) is 4. The summed E-state index contributed by atoms with van der Waals surface area (Å²) in [5.74, 6) is 0.564. The Morgan fingerprint density at radius 3 is 2.85 bits per heavy atom. The van der Waals surface area contributed by atoms with Gasteiger partial charge in [-0.25, -0.2) is 9.97 Å². The molecule has 0 saturated carbocycles. The summed E-state index contributed by atoms with van der Waals surface area (Å²) < 4.78 is 2.26. The number of likely N-dealkylation sites (tertiary alicyclic amines) is 1. The van der Waals surface area contributed by atoms with Crippen LogP contribution in [0.5, 0.6) is 0 Å². The number of halogens is 1. The molecule has 0 unspecified atom stereocenters. The predicted octanol–water partition coefficient (Wildman–Crippen LogP) is 3.72. The first-order chi connectivity index (χ1) is 13.0. The zero-order valence-corrected chi connectivity index (χ0v) is 16.4. The summed E-state index contributed by atoms with van der Waals surface area (Å²) in [5.41, 5.74) is 4.09. The average Bonchev–Trinajstić information content (AvgIpc) is 2.86. The predicted molar refractivity (Wildman–Crippen MR) is 109 cm³/mol. The third-order valence-electron chi connectivity index (χ3n) is 4.99. The molecule has 0 atom stereocenters. The van der Waals surface area contributed by atoms with E-state index in [1.54, 1.807) is 6.20 Å². The Labute approximate surface area is 163 Å². The average molecular weight is 386 g/mol. The van der Waals surface area contributed by atoms with Crippen LogP contribution >= 0.6 is 11.6 Å². The van der Waals surface area contributed by atoms with Gasteiger partial charge in [0.05, 0.1) is 16.8 Å². The number of aliphatic hydroxyl groups excluding tert-OH is 1. The number of β-amino-alcohol motifs (C(OH)–C–C–N with tert-alkyl or cyclic N) is 1. The summed E-state index contributed by atoms with van der Waals surface area (Å²) in [5, 5.41) is 14.5. The topological polar surface area (TPSA) is 66.2 Å². The Hall–Kier alpha value is -2.15. The van der Waals surface area contributed by atoms with E-state index < -0.39 is 0 Å². The minimum atomic E-state index is -0.204. The van der Waals surface area contributed by atoms with E-state index in [4.69, 9.17) is 11.6 Å². The molecule has 2 N–H and O–H groups in total. The van der Waals surface area contributed by atoms with E-state index in [9.17, 15) is 5.11 Å². The fourth-order valence-corrected chi connectivity index (χ4v) is 3.86. The lowest BCUT2D eigenvalue weighted by molar-refractivity contribution is -0.00353. The van der Waals surface area contributed by atoms with Gasteiger partial charge in [0.15, 0.2) is 0 Å². The van der Waals surface area contributed by atoms with E-state index in [1.165, 1.54) is 0 Å². The highest BCUT2D eigenvalue weighted by molar-refractivity contribution is 6.36. The van der Waals surface area contributed by atoms with Gasteiger partial charge in [0.25, 0.3) is 0 Å². The minimum absolute atomic E-state index is 0.204. The zero-order valence-electron chi connectivity index (χ0n) is 15.6. The highest BCUT2D eigenvalue weighted by atomic mass is 35.5. The van der Waals surface area contributed by atoms with Gasteiger partial charge in [0, 0.05) is 54.7 Å². The Bertz CT molecular complexity index is 964. The zero-order chi connectivity index (χ0) is 19.0. The lowest BCUT2D eigenvalue weighted by Crippen LogP contribution is -2.49. The van der Waals surface area contributed by atoms with Crippen LogP contribution in [-0.2, 0) is 13.1 Å². The Balaban J connectivity index is 1.56. The number of aryl methyl sites for hydroxylation is 1. The number of hydrogen-bond acceptors (Lipinski definition) is 5. The van der Waals surface area contributed by atoms with E-state index in [0.717, 1.165) is 52.5 Å². The summed E-state index contributed by atoms with van der Waals surface area (Å²) in [6.45, 7) is 7.31. The highest BCUT2D eigenvalue weighted by Gasteiger charge is 2.24. The van der Waals surface area contributed by atoms with E-state index in [1.807, 2.05) is 12.1 Å². The monoisotopic (exact) mass is 385 g/mol. The van der Waals surface area contributed by atoms with Gasteiger partial charge < -0.3 is 15.0 Å². The van der Waals surface area contributed by atoms with Crippen LogP contribution in [-0.4, -0.2) is 43.7 Å². The SMILES string of the molecule is CCCn1c(C)c(Cl)c2cc(Nc3nccc(CN4CC(O)C4)n3)ccc21. The molecule has 3 aromatic rings. The van der Waals surface area contributed by atoms with Crippen molar-refractivity contribution in [3.8, 4) is 0 Å². The van der Waals surface area contributed by atoms with Crippen molar-refractivity contribution in [1.82, 2.24) is 19.4 Å². The van der Waals surface area contributed by atoms with Crippen molar-refractivity contribution in [2.45, 2.75) is 39.5 Å². The standard InChI is InChI=1S/C20H24ClN5O/c1-3-8-26-13(2)19(21)17-9-14(4-5-18(17)26)23-20-22-7-6-15(24-20)10-25-11-16(27)12-25/h4-7,9,16,27H,3,8,10-12H2,1-2H3,(H,22,23,24). The summed E-state index contributed by atoms with van der Waals surface area (Å²) in [6, 6.07) is 8.09. The molecule has 2 aromatic heterocycles. The van der Waals surface area contributed by atoms with Gasteiger partial charge in [0.2, 0.25) is 5.95 Å². The summed E-state index contributed by atoms with van der Waals surface area (Å²) >= 11 is 6.57. The van der Waals surface area contributed by atoms with Gasteiger partial charge >= 0.3 is 0 Å². The molecule has 3 heterocycles. The van der Waals surface area contributed by atoms with E-state index >= 15 is 0 Å². The van der Waals surface area contributed by atoms with Crippen molar-refractivity contribution in [2.75, 3.05) is 18.4 Å². The minimum Gasteiger partial charge on any atom is -0.390 e. The van der Waals surface area contributed by atoms with Crippen LogP contribution in [0, 0.1) is 6.92 Å². The van der Waals surface area contributed by atoms with E-state index in [-0.39, 0.29) is 6.10 Å². The highest BCUT2D eigenvalue weighted by Crippen LogP contribution is 2.33. The quantitative estimate of drug-likeness (QED) is 0.676. The van der Waals surface area contributed by atoms with Gasteiger partial charge in [0.1, 0.15) is 0 Å². The number of aliphatic hydroxyl groups is 1. The first kappa shape index (κ1) is 18.2. The fraction of sp³-hybridized carbons (Fsp3) is 0.400. The molecule has 7 heteroatoms. The number of fused-ring (bicyclic) bond motifs is 1. The number of aromatic nitrogens is 3. The first-order valence-electron chi connectivity index (χ1n) is 9.33. The van der Waals surface area contributed by atoms with Gasteiger partial charge in [-0.1, -0.05) is 18.5 Å². The first-order valence-corrected chi connectivity index (χ1v) is 9.70. The van der Waals surface area contributed by atoms with Gasteiger partial charge in [-0.3, -0.25) is 4.90 Å². The molecule has 1 aliphatic rings. The smallest absolute Gasteiger partial charge is 0.227 e. The normalized spacial score (nSPS) is 15.3. The summed E-state index contributed by atoms with van der Waals surface area (Å²) in [6.07, 6.45) is 2.62. The maximum Gasteiger partial charge on any atom is 0.227 e. The molecule has 6 nitrogen and oxygen atoms in total. The van der Waals surface area contributed by atoms with Crippen LogP contribution in [0.1, 0.15) is 24.7 Å². The largest absolute Gasteiger partial charge is 0.390 e. The van der Waals surface area contributed by atoms with Gasteiger partial charge in [-0.2, -0.15) is 0 Å². The number of benzene rings is 1. The van der Waals surface area contributed by atoms with E-state index in [2.05, 4.69) is 50.7 Å². The van der Waals surface area contributed by atoms with Crippen molar-refractivity contribution in [2.24, 2.45) is 0 Å². The van der Waals surface area contributed by atoms with Crippen molar-refractivity contribution in [1.29, 1.82) is 0 Å². The number of rotatable bonds is 6. The van der Waals surface area contributed by atoms with Crippen molar-refractivity contribution >= 4 is 34.1 Å². The molecule has 4 rings (SSSR count). The second-order valence-electron chi connectivity index (χ2n) is 7.13. The molecular formula is C20H24ClN5O. The van der Waals surface area contributed by atoms with Crippen LogP contribution in [0.2, 0.25) is 5.02 Å². The maximum absolute atomic E-state index is 9.41. The number of nitrogens with one attached hydrogen (secondary N) is 1. The van der Waals surface area contributed by atoms with Crippen molar-refractivity contribution in [3.05, 3.63) is 46.9 Å². The third-order valence-corrected chi connectivity index (χ3v) is 5.46. The molecule has 1 aliphatic heterocycles. The summed E-state index contributed by atoms with van der Waals surface area (Å²) in [4.78, 5) is 11.1. The molecule has 1 aromatic carbocycles. The second kappa shape index (κ2) is 7.46. The Morgan fingerprint density at radius 1 is 1.30 bits per heavy atom. The molecule has 0 amide bonds. The third kappa shape index (κ3) is 3.65. The van der Waals surface area contributed by atoms with E-state index in [0.29, 0.717) is 19.0 Å². The Morgan fingerprint density at radius 2 is 2.11 bits per heavy atom. The van der Waals surface area contributed by atoms with Crippen molar-refractivity contribution in [3.63, 3.8) is 0 Å². The summed E-state index contributed by atoms with van der Waals surface area (Å²) in [7, 11) is 0. The molecular weight excluding hydrogens is 362 g/mol. The van der Waals surface area contributed by atoms with Crippen LogP contribution in [0.15, 0.2) is 30.5 Å². The lowest BCUT2D eigenvalue weighted by atomic mass is 10.1. The Kier molecular flexibility index (Phi) is 5.04. The van der Waals surface area contributed by atoms with Gasteiger partial charge in [-0.05, 0) is 37.6 Å². The van der Waals surface area contributed by atoms with Crippen LogP contribution in [0.4, 0.5) is 11.6 Å². The lowest BCUT2D eigenvalue weighted by Gasteiger charge is -2.35. The molecule has 0 aliphatic carbocycles. The van der Waals surface area contributed by atoms with Crippen LogP contribution < -0.4 is 5.32 Å². The van der Waals surface area contributed by atoms with Crippen molar-refractivity contribution < 1.29 is 5.11 Å². The number of anilines is 2. The second-order valence-corrected chi connectivity index (χ2v) is 7.51. The fourth-order valence-electron chi connectivity index (χ4n) is 3.61. The molecule has 1 saturated heterocycles. The molecule has 0 bridgehead atoms. The van der Waals surface area contributed by atoms with Gasteiger partial charge in [-0.15, -0.1) is 0 Å². The molecule has 142 valence electrons. The molecule has 0 spiro atoms.